The molecule has 1 saturated heterocycles. The maximum Gasteiger partial charge on any atom is 0.0622 e. The molecule has 11 heavy (non-hydrogen) atoms. The van der Waals surface area contributed by atoms with Gasteiger partial charge < -0.3 is 0 Å². The molecule has 1 atom stereocenters. The molecule has 2 rings (SSSR count). The van der Waals surface area contributed by atoms with E-state index in [0.717, 1.165) is 9.46 Å². The topological polar surface area (TPSA) is 3.24 Å². The van der Waals surface area contributed by atoms with Crippen molar-refractivity contribution in [2.75, 3.05) is 13.6 Å². The molecule has 1 heterocycles. The fraction of sp³-hybridized carbons (Fsp3) is 1.00. The molecule has 1 aliphatic heterocycles. The highest BCUT2D eigenvalue weighted by Gasteiger charge is 2.42. The highest BCUT2D eigenvalue weighted by atomic mass is 127. The summed E-state index contributed by atoms with van der Waals surface area (Å²) in [6.07, 6.45) is 7.41. The summed E-state index contributed by atoms with van der Waals surface area (Å²) in [7, 11) is 2.27. The van der Waals surface area contributed by atoms with Crippen molar-refractivity contribution >= 4 is 22.6 Å². The van der Waals surface area contributed by atoms with Gasteiger partial charge in [-0.15, -0.1) is 0 Å². The lowest BCUT2D eigenvalue weighted by Crippen LogP contribution is -2.22. The van der Waals surface area contributed by atoms with Crippen molar-refractivity contribution in [3.05, 3.63) is 0 Å². The Bertz CT molecular complexity index is 140. The van der Waals surface area contributed by atoms with E-state index in [-0.39, 0.29) is 0 Å². The number of hydrogen-bond donors (Lipinski definition) is 0. The highest BCUT2D eigenvalue weighted by Crippen LogP contribution is 2.48. The Balaban J connectivity index is 2.06. The van der Waals surface area contributed by atoms with Crippen molar-refractivity contribution in [2.24, 2.45) is 5.41 Å². The molecule has 0 amide bonds. The third-order valence-electron chi connectivity index (χ3n) is 3.33. The number of nitrogens with zero attached hydrogens (tertiary/aromatic N) is 1. The van der Waals surface area contributed by atoms with E-state index in [1.54, 1.807) is 0 Å². The first-order valence-electron chi connectivity index (χ1n) is 4.56. The normalized spacial score (nSPS) is 37.1. The lowest BCUT2D eigenvalue weighted by atomic mass is 9.86. The van der Waals surface area contributed by atoms with Crippen LogP contribution in [0, 0.1) is 5.41 Å². The number of likely N-dealkylation sites (tertiary alicyclic amines) is 1. The molecule has 2 aliphatic rings. The van der Waals surface area contributed by atoms with Gasteiger partial charge in [-0.2, -0.15) is 0 Å². The second-order valence-corrected chi connectivity index (χ2v) is 5.70. The van der Waals surface area contributed by atoms with Crippen molar-refractivity contribution in [3.8, 4) is 0 Å². The van der Waals surface area contributed by atoms with Gasteiger partial charge in [-0.1, -0.05) is 35.4 Å². The molecule has 0 aromatic heterocycles. The van der Waals surface area contributed by atoms with Crippen LogP contribution in [-0.2, 0) is 0 Å². The molecular weight excluding hydrogens is 249 g/mol. The molecule has 0 aromatic carbocycles. The number of alkyl halides is 1. The molecule has 0 radical (unpaired) electrons. The van der Waals surface area contributed by atoms with Crippen LogP contribution in [-0.4, -0.2) is 22.5 Å². The van der Waals surface area contributed by atoms with Crippen LogP contribution in [0.15, 0.2) is 0 Å². The van der Waals surface area contributed by atoms with Gasteiger partial charge in [0.05, 0.1) is 4.05 Å². The summed E-state index contributed by atoms with van der Waals surface area (Å²) in [6.45, 7) is 1.36. The molecule has 1 spiro atoms. The largest absolute Gasteiger partial charge is 0.294 e. The van der Waals surface area contributed by atoms with Gasteiger partial charge in [-0.25, -0.2) is 0 Å². The minimum Gasteiger partial charge on any atom is -0.294 e. The zero-order chi connectivity index (χ0) is 7.90. The van der Waals surface area contributed by atoms with Gasteiger partial charge in [-0.3, -0.25) is 4.90 Å². The average molecular weight is 265 g/mol. The summed E-state index contributed by atoms with van der Waals surface area (Å²) < 4.78 is 0.811. The quantitative estimate of drug-likeness (QED) is 0.370. The van der Waals surface area contributed by atoms with Crippen LogP contribution in [0.3, 0.4) is 0 Å². The zero-order valence-electron chi connectivity index (χ0n) is 7.15. The summed E-state index contributed by atoms with van der Waals surface area (Å²) in [5.41, 5.74) is 0.751. The van der Waals surface area contributed by atoms with Gasteiger partial charge in [0.2, 0.25) is 0 Å². The summed E-state index contributed by atoms with van der Waals surface area (Å²) in [5, 5.41) is 0. The highest BCUT2D eigenvalue weighted by molar-refractivity contribution is 14.1. The standard InChI is InChI=1S/C9H16IN/c1-11-7-9(6-8(11)10)4-2-3-5-9/h8H,2-7H2,1H3. The van der Waals surface area contributed by atoms with E-state index in [1.165, 1.54) is 38.6 Å². The first-order valence-corrected chi connectivity index (χ1v) is 5.81. The van der Waals surface area contributed by atoms with Crippen LogP contribution >= 0.6 is 22.6 Å². The zero-order valence-corrected chi connectivity index (χ0v) is 9.30. The lowest BCUT2D eigenvalue weighted by Gasteiger charge is -2.21. The molecule has 2 heteroatoms. The van der Waals surface area contributed by atoms with Crippen molar-refractivity contribution in [2.45, 2.75) is 36.2 Å². The van der Waals surface area contributed by atoms with Crippen molar-refractivity contribution in [1.82, 2.24) is 4.90 Å². The van der Waals surface area contributed by atoms with Crippen molar-refractivity contribution < 1.29 is 0 Å². The van der Waals surface area contributed by atoms with E-state index in [4.69, 9.17) is 0 Å². The van der Waals surface area contributed by atoms with Crippen LogP contribution in [0.5, 0.6) is 0 Å². The monoisotopic (exact) mass is 265 g/mol. The molecule has 0 N–H and O–H groups in total. The first-order chi connectivity index (χ1) is 5.22. The summed E-state index contributed by atoms with van der Waals surface area (Å²) in [5.74, 6) is 0. The Kier molecular flexibility index (Phi) is 2.17. The molecular formula is C9H16IN. The summed E-state index contributed by atoms with van der Waals surface area (Å²) in [4.78, 5) is 2.52. The molecule has 64 valence electrons. The number of halogens is 1. The van der Waals surface area contributed by atoms with E-state index < -0.39 is 0 Å². The number of hydrogen-bond acceptors (Lipinski definition) is 1. The Hall–Kier alpha value is 0.690. The van der Waals surface area contributed by atoms with Crippen LogP contribution < -0.4 is 0 Å². The Labute approximate surface area is 82.7 Å². The molecule has 1 unspecified atom stereocenters. The van der Waals surface area contributed by atoms with Gasteiger partial charge >= 0.3 is 0 Å². The molecule has 1 aliphatic carbocycles. The summed E-state index contributed by atoms with van der Waals surface area (Å²) in [6, 6.07) is 0. The fourth-order valence-corrected chi connectivity index (χ4v) is 3.82. The predicted molar refractivity (Wildman–Crippen MR) is 56.0 cm³/mol. The van der Waals surface area contributed by atoms with Gasteiger partial charge in [0.15, 0.2) is 0 Å². The van der Waals surface area contributed by atoms with Crippen molar-refractivity contribution in [1.29, 1.82) is 0 Å². The van der Waals surface area contributed by atoms with E-state index >= 15 is 0 Å². The first kappa shape index (κ1) is 8.30. The maximum atomic E-state index is 2.58. The summed E-state index contributed by atoms with van der Waals surface area (Å²) >= 11 is 2.58. The minimum absolute atomic E-state index is 0.751. The molecule has 0 aromatic rings. The van der Waals surface area contributed by atoms with Crippen molar-refractivity contribution in [3.63, 3.8) is 0 Å². The van der Waals surface area contributed by atoms with Gasteiger partial charge in [0.1, 0.15) is 0 Å². The van der Waals surface area contributed by atoms with Gasteiger partial charge in [0.25, 0.3) is 0 Å². The van der Waals surface area contributed by atoms with Crippen LogP contribution in [0.1, 0.15) is 32.1 Å². The average Bonchev–Trinajstić information content (AvgIpc) is 2.46. The maximum absolute atomic E-state index is 2.58. The third kappa shape index (κ3) is 1.44. The minimum atomic E-state index is 0.751. The van der Waals surface area contributed by atoms with Gasteiger partial charge in [-0.05, 0) is 31.7 Å². The third-order valence-corrected chi connectivity index (χ3v) is 4.72. The van der Waals surface area contributed by atoms with Crippen LogP contribution in [0.4, 0.5) is 0 Å². The van der Waals surface area contributed by atoms with E-state index in [9.17, 15) is 0 Å². The van der Waals surface area contributed by atoms with Crippen LogP contribution in [0.25, 0.3) is 0 Å². The van der Waals surface area contributed by atoms with E-state index in [1.807, 2.05) is 0 Å². The Morgan fingerprint density at radius 3 is 2.45 bits per heavy atom. The SMILES string of the molecule is CN1CC2(CCCC2)CC1I. The molecule has 1 saturated carbocycles. The molecule has 1 nitrogen and oxygen atoms in total. The predicted octanol–water partition coefficient (Wildman–Crippen LogP) is 2.64. The smallest absolute Gasteiger partial charge is 0.0622 e. The Morgan fingerprint density at radius 1 is 1.36 bits per heavy atom. The fourth-order valence-electron chi connectivity index (χ4n) is 2.69. The Morgan fingerprint density at radius 2 is 2.00 bits per heavy atom. The number of rotatable bonds is 0. The van der Waals surface area contributed by atoms with Crippen LogP contribution in [0.2, 0.25) is 0 Å². The second kappa shape index (κ2) is 2.87. The lowest BCUT2D eigenvalue weighted by molar-refractivity contribution is 0.289. The van der Waals surface area contributed by atoms with Gasteiger partial charge in [0, 0.05) is 6.54 Å². The van der Waals surface area contributed by atoms with E-state index in [0.29, 0.717) is 0 Å². The second-order valence-electron chi connectivity index (χ2n) is 4.26. The van der Waals surface area contributed by atoms with E-state index in [2.05, 4.69) is 34.5 Å². The molecule has 0 bridgehead atoms. The molecule has 2 fully saturated rings.